The Morgan fingerprint density at radius 2 is 1.86 bits per heavy atom. The molecule has 0 spiro atoms. The third kappa shape index (κ3) is 1.78. The van der Waals surface area contributed by atoms with E-state index in [1.807, 2.05) is 6.08 Å². The van der Waals surface area contributed by atoms with Gasteiger partial charge in [0.2, 0.25) is 0 Å². The molecule has 8 atom stereocenters. The number of hydrogen-bond donors (Lipinski definition) is 2. The molecule has 0 saturated heterocycles. The highest BCUT2D eigenvalue weighted by Gasteiger charge is 2.57. The van der Waals surface area contributed by atoms with Crippen molar-refractivity contribution in [1.82, 2.24) is 0 Å². The molecule has 4 rings (SSSR count). The Balaban J connectivity index is 1.71. The molecule has 0 aromatic rings. The highest BCUT2D eigenvalue weighted by molar-refractivity contribution is 5.24. The average molecular weight is 287 g/mol. The van der Waals surface area contributed by atoms with Crippen LogP contribution in [0, 0.1) is 34.5 Å². The maximum Gasteiger partial charge on any atom is 0.0727 e. The molecule has 3 N–H and O–H groups in total. The molecule has 2 nitrogen and oxygen atoms in total. The molecule has 0 bridgehead atoms. The first-order valence-electron chi connectivity index (χ1n) is 8.76. The second-order valence-corrected chi connectivity index (χ2v) is 8.54. The summed E-state index contributed by atoms with van der Waals surface area (Å²) in [5.74, 6) is 2.71. The van der Waals surface area contributed by atoms with Crippen LogP contribution in [0.5, 0.6) is 0 Å². The third-order valence-corrected chi connectivity index (χ3v) is 7.74. The first kappa shape index (κ1) is 14.0. The van der Waals surface area contributed by atoms with Gasteiger partial charge < -0.3 is 10.8 Å². The molecule has 0 heterocycles. The number of nitrogens with two attached hydrogens (primary N) is 1. The normalized spacial score (nSPS) is 58.5. The molecule has 0 aromatic heterocycles. The predicted octanol–water partition coefficient (Wildman–Crippen LogP) is 3.27. The molecule has 0 aliphatic heterocycles. The van der Waals surface area contributed by atoms with Gasteiger partial charge in [0.05, 0.1) is 6.10 Å². The molecule has 21 heavy (non-hydrogen) atoms. The Morgan fingerprint density at radius 3 is 2.67 bits per heavy atom. The Kier molecular flexibility index (Phi) is 2.97. The van der Waals surface area contributed by atoms with Gasteiger partial charge in [-0.1, -0.05) is 38.2 Å². The monoisotopic (exact) mass is 287 g/mol. The number of aliphatic hydroxyl groups excluding tert-OH is 1. The zero-order chi connectivity index (χ0) is 14.8. The maximum atomic E-state index is 9.95. The van der Waals surface area contributed by atoms with E-state index in [-0.39, 0.29) is 11.5 Å². The molecule has 1 unspecified atom stereocenters. The van der Waals surface area contributed by atoms with E-state index in [9.17, 15) is 5.11 Å². The van der Waals surface area contributed by atoms with Crippen LogP contribution in [-0.2, 0) is 0 Å². The second kappa shape index (κ2) is 4.45. The number of aliphatic hydroxyl groups is 1. The molecular weight excluding hydrogens is 258 g/mol. The predicted molar refractivity (Wildman–Crippen MR) is 85.5 cm³/mol. The van der Waals surface area contributed by atoms with Crippen LogP contribution in [0.3, 0.4) is 0 Å². The van der Waals surface area contributed by atoms with Crippen LogP contribution in [0.25, 0.3) is 0 Å². The van der Waals surface area contributed by atoms with Crippen molar-refractivity contribution in [1.29, 1.82) is 0 Å². The molecule has 0 amide bonds. The number of hydrogen-bond acceptors (Lipinski definition) is 2. The fraction of sp³-hybridized carbons (Fsp3) is 0.789. The average Bonchev–Trinajstić information content (AvgIpc) is 2.76. The molecule has 2 heteroatoms. The summed E-state index contributed by atoms with van der Waals surface area (Å²) in [4.78, 5) is 0. The smallest absolute Gasteiger partial charge is 0.0727 e. The zero-order valence-corrected chi connectivity index (χ0v) is 13.3. The van der Waals surface area contributed by atoms with Crippen LogP contribution in [0.4, 0.5) is 0 Å². The lowest BCUT2D eigenvalue weighted by molar-refractivity contribution is -0.0229. The van der Waals surface area contributed by atoms with Gasteiger partial charge in [0.15, 0.2) is 0 Å². The van der Waals surface area contributed by atoms with Crippen LogP contribution in [0.15, 0.2) is 24.3 Å². The van der Waals surface area contributed by atoms with E-state index in [1.165, 1.54) is 25.7 Å². The molecule has 116 valence electrons. The van der Waals surface area contributed by atoms with E-state index in [4.69, 9.17) is 5.73 Å². The van der Waals surface area contributed by atoms with Crippen LogP contribution >= 0.6 is 0 Å². The summed E-state index contributed by atoms with van der Waals surface area (Å²) < 4.78 is 0. The lowest BCUT2D eigenvalue weighted by atomic mass is 9.48. The molecule has 4 aliphatic rings. The van der Waals surface area contributed by atoms with Crippen molar-refractivity contribution in [3.05, 3.63) is 24.3 Å². The zero-order valence-electron chi connectivity index (χ0n) is 13.3. The summed E-state index contributed by atoms with van der Waals surface area (Å²) in [7, 11) is 0. The summed E-state index contributed by atoms with van der Waals surface area (Å²) in [6.45, 7) is 4.87. The van der Waals surface area contributed by atoms with Crippen LogP contribution < -0.4 is 5.73 Å². The van der Waals surface area contributed by atoms with Crippen molar-refractivity contribution in [2.24, 2.45) is 40.2 Å². The Bertz CT molecular complexity index is 498. The number of fused-ring (bicyclic) bond motifs is 5. The summed E-state index contributed by atoms with van der Waals surface area (Å²) in [5, 5.41) is 9.95. The van der Waals surface area contributed by atoms with Crippen molar-refractivity contribution < 1.29 is 5.11 Å². The fourth-order valence-corrected chi connectivity index (χ4v) is 6.21. The molecule has 2 fully saturated rings. The van der Waals surface area contributed by atoms with Crippen LogP contribution in [0.1, 0.15) is 46.0 Å². The highest BCUT2D eigenvalue weighted by atomic mass is 16.3. The van der Waals surface area contributed by atoms with E-state index in [0.29, 0.717) is 23.3 Å². The molecule has 4 aliphatic carbocycles. The SMILES string of the molecule is C[C@]12CC[C@H]3[C@@H](C=CC4C[C@@H](O)C=C[C@@]43C)[C@@H]1CC[C@@H]2N. The van der Waals surface area contributed by atoms with Gasteiger partial charge in [0.25, 0.3) is 0 Å². The van der Waals surface area contributed by atoms with E-state index in [2.05, 4.69) is 32.1 Å². The topological polar surface area (TPSA) is 46.2 Å². The Labute approximate surface area is 128 Å². The van der Waals surface area contributed by atoms with Gasteiger partial charge in [-0.2, -0.15) is 0 Å². The minimum atomic E-state index is -0.252. The molecular formula is C19H29NO. The van der Waals surface area contributed by atoms with E-state index in [1.54, 1.807) is 0 Å². The lowest BCUT2D eigenvalue weighted by Crippen LogP contribution is -2.52. The number of allylic oxidation sites excluding steroid dienone is 3. The first-order chi connectivity index (χ1) is 9.95. The van der Waals surface area contributed by atoms with Gasteiger partial charge in [0, 0.05) is 6.04 Å². The second-order valence-electron chi connectivity index (χ2n) is 8.54. The van der Waals surface area contributed by atoms with E-state index >= 15 is 0 Å². The van der Waals surface area contributed by atoms with E-state index in [0.717, 1.165) is 18.3 Å². The minimum absolute atomic E-state index is 0.243. The van der Waals surface area contributed by atoms with Gasteiger partial charge in [-0.15, -0.1) is 0 Å². The summed E-state index contributed by atoms with van der Waals surface area (Å²) in [6, 6.07) is 0.395. The van der Waals surface area contributed by atoms with Crippen LogP contribution in [-0.4, -0.2) is 17.3 Å². The minimum Gasteiger partial charge on any atom is -0.389 e. The first-order valence-corrected chi connectivity index (χ1v) is 8.76. The molecule has 0 radical (unpaired) electrons. The lowest BCUT2D eigenvalue weighted by Gasteiger charge is -2.56. The van der Waals surface area contributed by atoms with Crippen molar-refractivity contribution in [3.63, 3.8) is 0 Å². The molecule has 2 saturated carbocycles. The van der Waals surface area contributed by atoms with Crippen molar-refractivity contribution in [3.8, 4) is 0 Å². The summed E-state index contributed by atoms with van der Waals surface area (Å²) in [5.41, 5.74) is 7.05. The third-order valence-electron chi connectivity index (χ3n) is 7.74. The van der Waals surface area contributed by atoms with Gasteiger partial charge in [-0.25, -0.2) is 0 Å². The summed E-state index contributed by atoms with van der Waals surface area (Å²) >= 11 is 0. The highest BCUT2D eigenvalue weighted by Crippen LogP contribution is 2.63. The van der Waals surface area contributed by atoms with Crippen molar-refractivity contribution in [2.75, 3.05) is 0 Å². The van der Waals surface area contributed by atoms with Crippen molar-refractivity contribution in [2.45, 2.75) is 58.1 Å². The molecule has 0 aromatic carbocycles. The largest absolute Gasteiger partial charge is 0.389 e. The Morgan fingerprint density at radius 1 is 1.05 bits per heavy atom. The van der Waals surface area contributed by atoms with Gasteiger partial charge in [-0.05, 0) is 66.6 Å². The van der Waals surface area contributed by atoms with Gasteiger partial charge in [-0.3, -0.25) is 0 Å². The van der Waals surface area contributed by atoms with Gasteiger partial charge >= 0.3 is 0 Å². The quantitative estimate of drug-likeness (QED) is 0.672. The fourth-order valence-electron chi connectivity index (χ4n) is 6.21. The van der Waals surface area contributed by atoms with Crippen LogP contribution in [0.2, 0.25) is 0 Å². The Hall–Kier alpha value is -0.600. The summed E-state index contributed by atoms with van der Waals surface area (Å²) in [6.07, 6.45) is 15.0. The van der Waals surface area contributed by atoms with E-state index < -0.39 is 0 Å². The van der Waals surface area contributed by atoms with Gasteiger partial charge in [0.1, 0.15) is 0 Å². The standard InChI is InChI=1S/C19H29NO/c1-18-9-7-13(21)11-12(18)3-4-14-15-5-6-17(20)19(15,2)10-8-16(14)18/h3-4,7,9,12-17,21H,5-6,8,10-11,20H2,1-2H3/t12?,13-,14-,15-,16-,17-,18-,19-/m0/s1. The maximum absolute atomic E-state index is 9.95. The number of rotatable bonds is 0. The van der Waals surface area contributed by atoms with Crippen molar-refractivity contribution >= 4 is 0 Å².